The van der Waals surface area contributed by atoms with Gasteiger partial charge in [-0.1, -0.05) is 11.6 Å². The van der Waals surface area contributed by atoms with Crippen LogP contribution in [0.4, 0.5) is 4.39 Å². The molecule has 2 rings (SSSR count). The van der Waals surface area contributed by atoms with E-state index in [-0.39, 0.29) is 5.69 Å². The Morgan fingerprint density at radius 1 is 1.59 bits per heavy atom. The van der Waals surface area contributed by atoms with E-state index in [9.17, 15) is 4.39 Å². The van der Waals surface area contributed by atoms with Crippen molar-refractivity contribution in [1.82, 2.24) is 14.8 Å². The molecule has 0 aliphatic heterocycles. The Balaban J connectivity index is 2.47. The molecule has 2 aromatic rings. The summed E-state index contributed by atoms with van der Waals surface area (Å²) in [5, 5.41) is 4.49. The minimum Gasteiger partial charge on any atom is -0.318 e. The molecule has 0 radical (unpaired) electrons. The highest BCUT2D eigenvalue weighted by Crippen LogP contribution is 2.26. The Kier molecular flexibility index (Phi) is 3.40. The standard InChI is InChI=1S/C11H12ClFN4/c1-2-17-11(7(12)6-16-17)9(14)10-8(13)4-3-5-15-10/h3-6,9H,2,14H2,1H3. The van der Waals surface area contributed by atoms with E-state index in [2.05, 4.69) is 10.1 Å². The maximum absolute atomic E-state index is 13.6. The molecular weight excluding hydrogens is 243 g/mol. The van der Waals surface area contributed by atoms with E-state index in [1.165, 1.54) is 24.5 Å². The highest BCUT2D eigenvalue weighted by Gasteiger charge is 2.21. The fraction of sp³-hybridized carbons (Fsp3) is 0.273. The number of pyridine rings is 1. The zero-order valence-corrected chi connectivity index (χ0v) is 10.0. The van der Waals surface area contributed by atoms with Gasteiger partial charge in [-0.2, -0.15) is 5.10 Å². The maximum atomic E-state index is 13.6. The van der Waals surface area contributed by atoms with Crippen LogP contribution in [0.1, 0.15) is 24.4 Å². The van der Waals surface area contributed by atoms with E-state index in [0.717, 1.165) is 0 Å². The summed E-state index contributed by atoms with van der Waals surface area (Å²) in [4.78, 5) is 3.95. The topological polar surface area (TPSA) is 56.7 Å². The monoisotopic (exact) mass is 254 g/mol. The molecule has 1 unspecified atom stereocenters. The summed E-state index contributed by atoms with van der Waals surface area (Å²) in [6.07, 6.45) is 3.00. The SMILES string of the molecule is CCn1ncc(Cl)c1C(N)c1ncccc1F. The third-order valence-corrected chi connectivity index (χ3v) is 2.80. The van der Waals surface area contributed by atoms with Crippen molar-refractivity contribution in [2.24, 2.45) is 5.73 Å². The van der Waals surface area contributed by atoms with Gasteiger partial charge in [0.2, 0.25) is 0 Å². The second kappa shape index (κ2) is 4.81. The van der Waals surface area contributed by atoms with Crippen LogP contribution in [0.25, 0.3) is 0 Å². The van der Waals surface area contributed by atoms with Gasteiger partial charge >= 0.3 is 0 Å². The molecule has 0 saturated carbocycles. The zero-order valence-electron chi connectivity index (χ0n) is 9.27. The molecule has 0 spiro atoms. The Morgan fingerprint density at radius 2 is 2.35 bits per heavy atom. The van der Waals surface area contributed by atoms with Crippen molar-refractivity contribution < 1.29 is 4.39 Å². The molecule has 0 bridgehead atoms. The lowest BCUT2D eigenvalue weighted by atomic mass is 10.1. The number of nitrogens with zero attached hydrogens (tertiary/aromatic N) is 3. The van der Waals surface area contributed by atoms with Crippen LogP contribution in [-0.4, -0.2) is 14.8 Å². The highest BCUT2D eigenvalue weighted by atomic mass is 35.5. The predicted octanol–water partition coefficient (Wildman–Crippen LogP) is 2.14. The van der Waals surface area contributed by atoms with Crippen molar-refractivity contribution in [2.75, 3.05) is 0 Å². The molecule has 0 amide bonds. The van der Waals surface area contributed by atoms with E-state index in [4.69, 9.17) is 17.3 Å². The lowest BCUT2D eigenvalue weighted by Crippen LogP contribution is -2.20. The van der Waals surface area contributed by atoms with E-state index >= 15 is 0 Å². The van der Waals surface area contributed by atoms with Gasteiger partial charge in [0, 0.05) is 12.7 Å². The van der Waals surface area contributed by atoms with Crippen molar-refractivity contribution in [3.8, 4) is 0 Å². The smallest absolute Gasteiger partial charge is 0.146 e. The number of nitrogens with two attached hydrogens (primary N) is 1. The van der Waals surface area contributed by atoms with Crippen LogP contribution in [0.3, 0.4) is 0 Å². The van der Waals surface area contributed by atoms with Crippen LogP contribution < -0.4 is 5.73 Å². The molecule has 2 N–H and O–H groups in total. The third-order valence-electron chi connectivity index (χ3n) is 2.51. The van der Waals surface area contributed by atoms with Gasteiger partial charge in [0.25, 0.3) is 0 Å². The third kappa shape index (κ3) is 2.16. The van der Waals surface area contributed by atoms with Crippen LogP contribution in [0, 0.1) is 5.82 Å². The number of halogens is 2. The average Bonchev–Trinajstić information content (AvgIpc) is 2.70. The van der Waals surface area contributed by atoms with Gasteiger partial charge in [-0.05, 0) is 19.1 Å². The summed E-state index contributed by atoms with van der Waals surface area (Å²) >= 11 is 6.01. The summed E-state index contributed by atoms with van der Waals surface area (Å²) in [6, 6.07) is 2.12. The molecule has 0 aliphatic rings. The Morgan fingerprint density at radius 3 is 3.00 bits per heavy atom. The maximum Gasteiger partial charge on any atom is 0.146 e. The van der Waals surface area contributed by atoms with Gasteiger partial charge < -0.3 is 5.73 Å². The van der Waals surface area contributed by atoms with Crippen molar-refractivity contribution in [1.29, 1.82) is 0 Å². The summed E-state index contributed by atoms with van der Waals surface area (Å²) in [5.74, 6) is -0.445. The molecule has 17 heavy (non-hydrogen) atoms. The van der Waals surface area contributed by atoms with E-state index in [0.29, 0.717) is 17.3 Å². The largest absolute Gasteiger partial charge is 0.318 e. The number of aryl methyl sites for hydroxylation is 1. The predicted molar refractivity (Wildman–Crippen MR) is 63.1 cm³/mol. The fourth-order valence-corrected chi connectivity index (χ4v) is 1.95. The molecule has 6 heteroatoms. The molecule has 2 heterocycles. The summed E-state index contributed by atoms with van der Waals surface area (Å²) in [6.45, 7) is 2.53. The van der Waals surface area contributed by atoms with Crippen LogP contribution >= 0.6 is 11.6 Å². The molecule has 1 atom stereocenters. The summed E-state index contributed by atoms with van der Waals surface area (Å²) < 4.78 is 15.2. The first-order valence-corrected chi connectivity index (χ1v) is 5.60. The quantitative estimate of drug-likeness (QED) is 0.913. The summed E-state index contributed by atoms with van der Waals surface area (Å²) in [5.41, 5.74) is 6.74. The normalized spacial score (nSPS) is 12.7. The van der Waals surface area contributed by atoms with Crippen molar-refractivity contribution >= 4 is 11.6 Å². The summed E-state index contributed by atoms with van der Waals surface area (Å²) in [7, 11) is 0. The second-order valence-electron chi connectivity index (χ2n) is 3.54. The number of rotatable bonds is 3. The first-order chi connectivity index (χ1) is 8.15. The Hall–Kier alpha value is -1.46. The molecule has 0 aromatic carbocycles. The molecule has 0 fully saturated rings. The van der Waals surface area contributed by atoms with Crippen molar-refractivity contribution in [3.63, 3.8) is 0 Å². The average molecular weight is 255 g/mol. The first-order valence-electron chi connectivity index (χ1n) is 5.22. The number of hydrogen-bond acceptors (Lipinski definition) is 3. The zero-order chi connectivity index (χ0) is 12.4. The minimum absolute atomic E-state index is 0.171. The van der Waals surface area contributed by atoms with Crippen LogP contribution in [-0.2, 0) is 6.54 Å². The number of aromatic nitrogens is 3. The molecular formula is C11H12ClFN4. The van der Waals surface area contributed by atoms with Gasteiger partial charge in [0.1, 0.15) is 5.82 Å². The molecule has 0 saturated heterocycles. The fourth-order valence-electron chi connectivity index (χ4n) is 1.69. The molecule has 0 aliphatic carbocycles. The highest BCUT2D eigenvalue weighted by molar-refractivity contribution is 6.31. The lowest BCUT2D eigenvalue weighted by molar-refractivity contribution is 0.556. The van der Waals surface area contributed by atoms with Crippen LogP contribution in [0.5, 0.6) is 0 Å². The van der Waals surface area contributed by atoms with Gasteiger partial charge in [0.15, 0.2) is 0 Å². The Labute approximate surface area is 103 Å². The minimum atomic E-state index is -0.717. The van der Waals surface area contributed by atoms with Crippen LogP contribution in [0.15, 0.2) is 24.5 Å². The number of hydrogen-bond donors (Lipinski definition) is 1. The van der Waals surface area contributed by atoms with Crippen LogP contribution in [0.2, 0.25) is 5.02 Å². The lowest BCUT2D eigenvalue weighted by Gasteiger charge is -2.14. The molecule has 90 valence electrons. The van der Waals surface area contributed by atoms with Gasteiger partial charge in [-0.3, -0.25) is 9.67 Å². The first kappa shape index (κ1) is 12.0. The Bertz CT molecular complexity index is 526. The van der Waals surface area contributed by atoms with Gasteiger partial charge in [-0.15, -0.1) is 0 Å². The second-order valence-corrected chi connectivity index (χ2v) is 3.95. The van der Waals surface area contributed by atoms with E-state index in [1.54, 1.807) is 4.68 Å². The molecule has 4 nitrogen and oxygen atoms in total. The van der Waals surface area contributed by atoms with Gasteiger partial charge in [0.05, 0.1) is 28.6 Å². The molecule has 2 aromatic heterocycles. The van der Waals surface area contributed by atoms with Gasteiger partial charge in [-0.25, -0.2) is 4.39 Å². The van der Waals surface area contributed by atoms with E-state index in [1.807, 2.05) is 6.92 Å². The van der Waals surface area contributed by atoms with Crippen molar-refractivity contribution in [2.45, 2.75) is 19.5 Å². The van der Waals surface area contributed by atoms with E-state index < -0.39 is 11.9 Å². The van der Waals surface area contributed by atoms with Crippen molar-refractivity contribution in [3.05, 3.63) is 46.8 Å².